The number of methoxy groups -OCH3 is 1. The summed E-state index contributed by atoms with van der Waals surface area (Å²) in [4.78, 5) is 18.9. The first-order valence-corrected chi connectivity index (χ1v) is 8.84. The maximum absolute atomic E-state index is 12.5. The molecule has 1 aromatic heterocycles. The van der Waals surface area contributed by atoms with Crippen molar-refractivity contribution in [2.45, 2.75) is 13.0 Å². The van der Waals surface area contributed by atoms with Gasteiger partial charge < -0.3 is 14.8 Å². The number of ether oxygens (including phenoxy) is 2. The number of amides is 1. The maximum Gasteiger partial charge on any atom is 0.252 e. The Morgan fingerprint density at radius 3 is 2.58 bits per heavy atom. The molecule has 1 N–H and O–H groups in total. The molecule has 1 aromatic carbocycles. The molecule has 6 heteroatoms. The number of benzene rings is 1. The van der Waals surface area contributed by atoms with E-state index in [4.69, 9.17) is 9.47 Å². The number of hydrogen-bond acceptors (Lipinski definition) is 5. The lowest BCUT2D eigenvalue weighted by Gasteiger charge is -2.35. The van der Waals surface area contributed by atoms with Crippen LogP contribution in [-0.2, 0) is 4.74 Å². The number of pyridine rings is 1. The first-order valence-electron chi connectivity index (χ1n) is 8.84. The number of nitrogens with one attached hydrogen (secondary N) is 1. The number of rotatable bonds is 6. The van der Waals surface area contributed by atoms with Crippen LogP contribution >= 0.6 is 0 Å². The van der Waals surface area contributed by atoms with Crippen molar-refractivity contribution in [1.82, 2.24) is 15.2 Å². The van der Waals surface area contributed by atoms with E-state index in [1.54, 1.807) is 19.2 Å². The van der Waals surface area contributed by atoms with Gasteiger partial charge in [0.2, 0.25) is 5.88 Å². The third-order valence-corrected chi connectivity index (χ3v) is 4.61. The summed E-state index contributed by atoms with van der Waals surface area (Å²) in [5.74, 6) is 0.359. The second kappa shape index (κ2) is 8.78. The maximum atomic E-state index is 12.5. The molecule has 0 saturated carbocycles. The van der Waals surface area contributed by atoms with Crippen LogP contribution in [0.3, 0.4) is 0 Å². The van der Waals surface area contributed by atoms with E-state index < -0.39 is 0 Å². The normalized spacial score (nSPS) is 16.1. The summed E-state index contributed by atoms with van der Waals surface area (Å²) in [6.07, 6.45) is 1.53. The van der Waals surface area contributed by atoms with Crippen molar-refractivity contribution in [3.63, 3.8) is 0 Å². The SMILES string of the molecule is COc1ccc(C(=O)NCC(c2ccc(C)cc2)N2CCOCC2)cn1. The molecule has 1 saturated heterocycles. The van der Waals surface area contributed by atoms with Gasteiger partial charge in [-0.2, -0.15) is 0 Å². The lowest BCUT2D eigenvalue weighted by Crippen LogP contribution is -2.43. The molecule has 1 aliphatic heterocycles. The summed E-state index contributed by atoms with van der Waals surface area (Å²) in [5, 5.41) is 3.04. The predicted molar refractivity (Wildman–Crippen MR) is 99.4 cm³/mol. The summed E-state index contributed by atoms with van der Waals surface area (Å²) in [5.41, 5.74) is 2.95. The van der Waals surface area contributed by atoms with Crippen LogP contribution in [0.2, 0.25) is 0 Å². The topological polar surface area (TPSA) is 63.7 Å². The van der Waals surface area contributed by atoms with E-state index in [0.717, 1.165) is 26.3 Å². The van der Waals surface area contributed by atoms with E-state index in [-0.39, 0.29) is 11.9 Å². The zero-order chi connectivity index (χ0) is 18.4. The van der Waals surface area contributed by atoms with Gasteiger partial charge in [0, 0.05) is 31.9 Å². The molecule has 1 atom stereocenters. The van der Waals surface area contributed by atoms with Gasteiger partial charge in [-0.15, -0.1) is 0 Å². The molecule has 2 aromatic rings. The predicted octanol–water partition coefficient (Wildman–Crippen LogP) is 2.20. The summed E-state index contributed by atoms with van der Waals surface area (Å²) in [6.45, 7) is 5.77. The molecule has 0 bridgehead atoms. The van der Waals surface area contributed by atoms with Crippen LogP contribution < -0.4 is 10.1 Å². The van der Waals surface area contributed by atoms with Crippen molar-refractivity contribution in [3.8, 4) is 5.88 Å². The standard InChI is InChI=1S/C20H25N3O3/c1-15-3-5-16(6-4-15)18(23-9-11-26-12-10-23)14-22-20(24)17-7-8-19(25-2)21-13-17/h3-8,13,18H,9-12,14H2,1-2H3,(H,22,24). The van der Waals surface area contributed by atoms with Crippen molar-refractivity contribution < 1.29 is 14.3 Å². The van der Waals surface area contributed by atoms with E-state index in [1.807, 2.05) is 0 Å². The average molecular weight is 355 g/mol. The third kappa shape index (κ3) is 4.59. The number of nitrogens with zero attached hydrogens (tertiary/aromatic N) is 2. The molecule has 0 spiro atoms. The molecule has 3 rings (SSSR count). The Balaban J connectivity index is 1.70. The summed E-state index contributed by atoms with van der Waals surface area (Å²) in [7, 11) is 1.55. The van der Waals surface area contributed by atoms with Gasteiger partial charge in [0.25, 0.3) is 5.91 Å². The van der Waals surface area contributed by atoms with E-state index >= 15 is 0 Å². The summed E-state index contributed by atoms with van der Waals surface area (Å²) in [6, 6.07) is 12.0. The van der Waals surface area contributed by atoms with Gasteiger partial charge in [-0.3, -0.25) is 9.69 Å². The van der Waals surface area contributed by atoms with Crippen LogP contribution in [-0.4, -0.2) is 55.7 Å². The van der Waals surface area contributed by atoms with Crippen LogP contribution in [0.1, 0.15) is 27.5 Å². The molecule has 6 nitrogen and oxygen atoms in total. The van der Waals surface area contributed by atoms with Gasteiger partial charge in [-0.05, 0) is 18.6 Å². The molecule has 0 radical (unpaired) electrons. The average Bonchev–Trinajstić information content (AvgIpc) is 2.70. The molecular formula is C20H25N3O3. The van der Waals surface area contributed by atoms with Gasteiger partial charge in [-0.1, -0.05) is 29.8 Å². The Labute approximate surface area is 154 Å². The summed E-state index contributed by atoms with van der Waals surface area (Å²) >= 11 is 0. The Morgan fingerprint density at radius 2 is 1.96 bits per heavy atom. The minimum atomic E-state index is -0.134. The van der Waals surface area contributed by atoms with Gasteiger partial charge in [0.15, 0.2) is 0 Å². The van der Waals surface area contributed by atoms with Crippen molar-refractivity contribution in [3.05, 3.63) is 59.3 Å². The second-order valence-corrected chi connectivity index (χ2v) is 6.37. The smallest absolute Gasteiger partial charge is 0.252 e. The zero-order valence-electron chi connectivity index (χ0n) is 15.3. The number of carbonyl (C=O) groups excluding carboxylic acids is 1. The van der Waals surface area contributed by atoms with Crippen molar-refractivity contribution in [2.75, 3.05) is 40.0 Å². The van der Waals surface area contributed by atoms with Crippen molar-refractivity contribution >= 4 is 5.91 Å². The Bertz CT molecular complexity index is 710. The van der Waals surface area contributed by atoms with Crippen LogP contribution in [0, 0.1) is 6.92 Å². The van der Waals surface area contributed by atoms with Crippen molar-refractivity contribution in [1.29, 1.82) is 0 Å². The van der Waals surface area contributed by atoms with Crippen LogP contribution in [0.25, 0.3) is 0 Å². The molecule has 0 aliphatic carbocycles. The zero-order valence-corrected chi connectivity index (χ0v) is 15.3. The van der Waals surface area contributed by atoms with Crippen LogP contribution in [0.4, 0.5) is 0 Å². The number of aromatic nitrogens is 1. The number of aryl methyl sites for hydroxylation is 1. The Kier molecular flexibility index (Phi) is 6.20. The molecule has 1 unspecified atom stereocenters. The van der Waals surface area contributed by atoms with Gasteiger partial charge >= 0.3 is 0 Å². The van der Waals surface area contributed by atoms with E-state index in [1.165, 1.54) is 17.3 Å². The van der Waals surface area contributed by atoms with Crippen LogP contribution in [0.5, 0.6) is 5.88 Å². The minimum absolute atomic E-state index is 0.120. The fraction of sp³-hybridized carbons (Fsp3) is 0.400. The first-order chi connectivity index (χ1) is 12.7. The number of morpholine rings is 1. The second-order valence-electron chi connectivity index (χ2n) is 6.37. The van der Waals surface area contributed by atoms with E-state index in [2.05, 4.69) is 46.4 Å². The highest BCUT2D eigenvalue weighted by atomic mass is 16.5. The molecule has 1 fully saturated rings. The fourth-order valence-corrected chi connectivity index (χ4v) is 3.06. The lowest BCUT2D eigenvalue weighted by atomic mass is 10.0. The fourth-order valence-electron chi connectivity index (χ4n) is 3.06. The third-order valence-electron chi connectivity index (χ3n) is 4.61. The highest BCUT2D eigenvalue weighted by Gasteiger charge is 2.23. The van der Waals surface area contributed by atoms with Crippen molar-refractivity contribution in [2.24, 2.45) is 0 Å². The molecule has 1 aliphatic rings. The largest absolute Gasteiger partial charge is 0.481 e. The minimum Gasteiger partial charge on any atom is -0.481 e. The van der Waals surface area contributed by atoms with E-state index in [9.17, 15) is 4.79 Å². The van der Waals surface area contributed by atoms with E-state index in [0.29, 0.717) is 18.0 Å². The number of carbonyl (C=O) groups is 1. The van der Waals surface area contributed by atoms with Gasteiger partial charge in [0.1, 0.15) is 0 Å². The molecule has 2 heterocycles. The van der Waals surface area contributed by atoms with Gasteiger partial charge in [-0.25, -0.2) is 4.98 Å². The molecule has 1 amide bonds. The first kappa shape index (κ1) is 18.4. The Morgan fingerprint density at radius 1 is 1.23 bits per heavy atom. The highest BCUT2D eigenvalue weighted by molar-refractivity contribution is 5.93. The Hall–Kier alpha value is -2.44. The quantitative estimate of drug-likeness (QED) is 0.861. The molecular weight excluding hydrogens is 330 g/mol. The summed E-state index contributed by atoms with van der Waals surface area (Å²) < 4.78 is 10.5. The highest BCUT2D eigenvalue weighted by Crippen LogP contribution is 2.22. The number of hydrogen-bond donors (Lipinski definition) is 1. The van der Waals surface area contributed by atoms with Crippen LogP contribution in [0.15, 0.2) is 42.6 Å². The monoisotopic (exact) mass is 355 g/mol. The van der Waals surface area contributed by atoms with Gasteiger partial charge in [0.05, 0.1) is 31.9 Å². The lowest BCUT2D eigenvalue weighted by molar-refractivity contribution is 0.0162. The molecule has 138 valence electrons. The molecule has 26 heavy (non-hydrogen) atoms.